The summed E-state index contributed by atoms with van der Waals surface area (Å²) in [7, 11) is 0. The minimum Gasteiger partial charge on any atom is -0.481 e. The maximum Gasteiger partial charge on any atom is 0.309 e. The number of rotatable bonds is 3. The second kappa shape index (κ2) is 4.23. The van der Waals surface area contributed by atoms with Crippen LogP contribution in [-0.2, 0) is 11.2 Å². The van der Waals surface area contributed by atoms with E-state index in [-0.39, 0.29) is 6.42 Å². The Morgan fingerprint density at radius 1 is 1.39 bits per heavy atom. The Balaban J connectivity index is 2.18. The maximum atomic E-state index is 10.8. The molecule has 0 bridgehead atoms. The molecule has 0 radical (unpaired) electrons. The summed E-state index contributed by atoms with van der Waals surface area (Å²) in [6, 6.07) is 5.64. The van der Waals surface area contributed by atoms with Gasteiger partial charge in [-0.1, -0.05) is 6.07 Å². The molecule has 0 saturated heterocycles. The van der Waals surface area contributed by atoms with Crippen molar-refractivity contribution < 1.29 is 9.90 Å². The quantitative estimate of drug-likeness (QED) is 0.782. The fraction of sp³-hybridized carbons (Fsp3) is 0.0833. The number of carboxylic acid groups (broad SMARTS) is 1. The van der Waals surface area contributed by atoms with Crippen molar-refractivity contribution in [2.45, 2.75) is 6.42 Å². The number of aliphatic carboxylic acids is 1. The van der Waals surface area contributed by atoms with Gasteiger partial charge in [-0.05, 0) is 12.1 Å². The molecule has 0 fully saturated rings. The third-order valence-electron chi connectivity index (χ3n) is 2.58. The summed E-state index contributed by atoms with van der Waals surface area (Å²) in [5, 5.41) is 10.8. The van der Waals surface area contributed by atoms with Gasteiger partial charge in [-0.3, -0.25) is 14.2 Å². The summed E-state index contributed by atoms with van der Waals surface area (Å²) in [4.78, 5) is 20.1. The average molecular weight is 259 g/mol. The SMILES string of the molecule is O=C(O)Cc1cnc2scc(-c3ccccn3)n12. The molecule has 3 rings (SSSR count). The molecule has 6 heteroatoms. The van der Waals surface area contributed by atoms with E-state index >= 15 is 0 Å². The standard InChI is InChI=1S/C12H9N3O2S/c16-11(17)5-8-6-14-12-15(8)10(7-18-12)9-3-1-2-4-13-9/h1-4,6-7H,5H2,(H,16,17). The number of thiazole rings is 1. The van der Waals surface area contributed by atoms with Crippen LogP contribution < -0.4 is 0 Å². The Morgan fingerprint density at radius 3 is 3.00 bits per heavy atom. The van der Waals surface area contributed by atoms with Crippen LogP contribution >= 0.6 is 11.3 Å². The number of carbonyl (C=O) groups is 1. The van der Waals surface area contributed by atoms with Gasteiger partial charge >= 0.3 is 5.97 Å². The van der Waals surface area contributed by atoms with Gasteiger partial charge in [0.05, 0.1) is 29.7 Å². The second-order valence-electron chi connectivity index (χ2n) is 3.77. The van der Waals surface area contributed by atoms with Crippen molar-refractivity contribution in [2.75, 3.05) is 0 Å². The lowest BCUT2D eigenvalue weighted by atomic mass is 10.3. The molecule has 5 nitrogen and oxygen atoms in total. The molecule has 18 heavy (non-hydrogen) atoms. The molecule has 0 amide bonds. The van der Waals surface area contributed by atoms with E-state index in [1.54, 1.807) is 12.4 Å². The molecular formula is C12H9N3O2S. The zero-order valence-corrected chi connectivity index (χ0v) is 10.1. The highest BCUT2D eigenvalue weighted by atomic mass is 32.1. The lowest BCUT2D eigenvalue weighted by Crippen LogP contribution is -2.03. The van der Waals surface area contributed by atoms with Gasteiger partial charge in [0, 0.05) is 11.6 Å². The van der Waals surface area contributed by atoms with Crippen molar-refractivity contribution in [2.24, 2.45) is 0 Å². The first-order chi connectivity index (χ1) is 8.75. The van der Waals surface area contributed by atoms with E-state index in [0.717, 1.165) is 16.3 Å². The van der Waals surface area contributed by atoms with Gasteiger partial charge in [-0.2, -0.15) is 0 Å². The van der Waals surface area contributed by atoms with E-state index in [2.05, 4.69) is 9.97 Å². The van der Waals surface area contributed by atoms with Crippen molar-refractivity contribution in [1.29, 1.82) is 0 Å². The van der Waals surface area contributed by atoms with Crippen LogP contribution in [0.5, 0.6) is 0 Å². The highest BCUT2D eigenvalue weighted by Gasteiger charge is 2.14. The Morgan fingerprint density at radius 2 is 2.28 bits per heavy atom. The van der Waals surface area contributed by atoms with Gasteiger partial charge in [0.15, 0.2) is 4.96 Å². The molecule has 0 atom stereocenters. The normalized spacial score (nSPS) is 10.9. The molecule has 3 heterocycles. The van der Waals surface area contributed by atoms with Crippen LogP contribution in [0.1, 0.15) is 5.69 Å². The number of fused-ring (bicyclic) bond motifs is 1. The highest BCUT2D eigenvalue weighted by molar-refractivity contribution is 7.15. The van der Waals surface area contributed by atoms with Crippen molar-refractivity contribution in [1.82, 2.24) is 14.4 Å². The smallest absolute Gasteiger partial charge is 0.309 e. The number of imidazole rings is 1. The summed E-state index contributed by atoms with van der Waals surface area (Å²) in [5.74, 6) is -0.866. The molecule has 0 aliphatic heterocycles. The first kappa shape index (κ1) is 10.9. The van der Waals surface area contributed by atoms with Gasteiger partial charge in [0.2, 0.25) is 0 Å². The van der Waals surface area contributed by atoms with Gasteiger partial charge < -0.3 is 5.11 Å². The molecule has 0 aliphatic rings. The average Bonchev–Trinajstić information content (AvgIpc) is 2.93. The van der Waals surface area contributed by atoms with E-state index in [1.165, 1.54) is 11.3 Å². The van der Waals surface area contributed by atoms with E-state index in [9.17, 15) is 4.79 Å². The van der Waals surface area contributed by atoms with Crippen LogP contribution in [0.15, 0.2) is 36.0 Å². The molecule has 0 saturated carbocycles. The summed E-state index contributed by atoms with van der Waals surface area (Å²) in [6.07, 6.45) is 3.27. The van der Waals surface area contributed by atoms with E-state index in [0.29, 0.717) is 5.69 Å². The summed E-state index contributed by atoms with van der Waals surface area (Å²) in [5.41, 5.74) is 2.36. The van der Waals surface area contributed by atoms with Crippen LogP contribution in [-0.4, -0.2) is 25.4 Å². The molecule has 3 aromatic rings. The molecule has 0 spiro atoms. The van der Waals surface area contributed by atoms with Gasteiger partial charge in [-0.25, -0.2) is 4.98 Å². The van der Waals surface area contributed by atoms with Crippen molar-refractivity contribution in [3.8, 4) is 11.4 Å². The van der Waals surface area contributed by atoms with Crippen LogP contribution in [0.25, 0.3) is 16.3 Å². The molecular weight excluding hydrogens is 250 g/mol. The topological polar surface area (TPSA) is 67.5 Å². The molecule has 90 valence electrons. The molecule has 0 unspecified atom stereocenters. The van der Waals surface area contributed by atoms with Crippen LogP contribution in [0.2, 0.25) is 0 Å². The minimum atomic E-state index is -0.866. The monoisotopic (exact) mass is 259 g/mol. The number of carboxylic acids is 1. The molecule has 3 aromatic heterocycles. The first-order valence-electron chi connectivity index (χ1n) is 5.33. The zero-order valence-electron chi connectivity index (χ0n) is 9.28. The Hall–Kier alpha value is -2.21. The summed E-state index contributed by atoms with van der Waals surface area (Å²) < 4.78 is 1.85. The number of aromatic nitrogens is 3. The molecule has 1 N–H and O–H groups in total. The number of pyridine rings is 1. The number of hydrogen-bond donors (Lipinski definition) is 1. The fourth-order valence-corrected chi connectivity index (χ4v) is 2.72. The van der Waals surface area contributed by atoms with E-state index in [1.807, 2.05) is 28.0 Å². The summed E-state index contributed by atoms with van der Waals surface area (Å²) in [6.45, 7) is 0. The van der Waals surface area contributed by atoms with Gasteiger partial charge in [-0.15, -0.1) is 11.3 Å². The van der Waals surface area contributed by atoms with Crippen molar-refractivity contribution >= 4 is 22.3 Å². The van der Waals surface area contributed by atoms with Crippen molar-refractivity contribution in [3.05, 3.63) is 41.7 Å². The summed E-state index contributed by atoms with van der Waals surface area (Å²) >= 11 is 1.48. The van der Waals surface area contributed by atoms with E-state index in [4.69, 9.17) is 5.11 Å². The zero-order chi connectivity index (χ0) is 12.5. The predicted octanol–water partition coefficient (Wildman–Crippen LogP) is 2.08. The highest BCUT2D eigenvalue weighted by Crippen LogP contribution is 2.25. The predicted molar refractivity (Wildman–Crippen MR) is 67.6 cm³/mol. The van der Waals surface area contributed by atoms with Gasteiger partial charge in [0.25, 0.3) is 0 Å². The lowest BCUT2D eigenvalue weighted by Gasteiger charge is -2.01. The van der Waals surface area contributed by atoms with E-state index < -0.39 is 5.97 Å². The lowest BCUT2D eigenvalue weighted by molar-refractivity contribution is -0.136. The van der Waals surface area contributed by atoms with Crippen LogP contribution in [0.4, 0.5) is 0 Å². The molecule has 0 aliphatic carbocycles. The number of nitrogens with zero attached hydrogens (tertiary/aromatic N) is 3. The number of hydrogen-bond acceptors (Lipinski definition) is 4. The Labute approximate surface area is 106 Å². The molecule has 0 aromatic carbocycles. The van der Waals surface area contributed by atoms with Crippen LogP contribution in [0.3, 0.4) is 0 Å². The fourth-order valence-electron chi connectivity index (χ4n) is 1.84. The third-order valence-corrected chi connectivity index (χ3v) is 3.42. The second-order valence-corrected chi connectivity index (χ2v) is 4.61. The van der Waals surface area contributed by atoms with Crippen LogP contribution in [0, 0.1) is 0 Å². The first-order valence-corrected chi connectivity index (χ1v) is 6.20. The third kappa shape index (κ3) is 1.76. The largest absolute Gasteiger partial charge is 0.481 e. The Kier molecular flexibility index (Phi) is 2.56. The minimum absolute atomic E-state index is 0.0439. The van der Waals surface area contributed by atoms with Gasteiger partial charge in [0.1, 0.15) is 0 Å². The Bertz CT molecular complexity index is 703. The maximum absolute atomic E-state index is 10.8. The van der Waals surface area contributed by atoms with Crippen molar-refractivity contribution in [3.63, 3.8) is 0 Å².